The van der Waals surface area contributed by atoms with Crippen LogP contribution in [0.5, 0.6) is 0 Å². The lowest BCUT2D eigenvalue weighted by molar-refractivity contribution is 0.439. The maximum atomic E-state index is 11.5. The first kappa shape index (κ1) is 13.2. The molecule has 0 aliphatic carbocycles. The van der Waals surface area contributed by atoms with E-state index in [0.717, 1.165) is 0 Å². The molecule has 3 nitrogen and oxygen atoms in total. The number of nitrogens with one attached hydrogen (secondary N) is 1. The summed E-state index contributed by atoms with van der Waals surface area (Å²) < 4.78 is 25.6. The second-order valence-electron chi connectivity index (χ2n) is 4.02. The Balaban J connectivity index is 4.43. The van der Waals surface area contributed by atoms with Crippen LogP contribution in [0, 0.1) is 0 Å². The van der Waals surface area contributed by atoms with Gasteiger partial charge in [-0.2, -0.15) is 0 Å². The molecule has 0 saturated heterocycles. The van der Waals surface area contributed by atoms with E-state index in [9.17, 15) is 8.42 Å². The Morgan fingerprint density at radius 3 is 2.15 bits per heavy atom. The molecule has 0 aliphatic heterocycles. The Kier molecular flexibility index (Phi) is 4.69. The molecule has 0 radical (unpaired) electrons. The molecule has 0 aromatic carbocycles. The summed E-state index contributed by atoms with van der Waals surface area (Å²) in [4.78, 5) is 0. The standard InChI is InChI=1S/C8H18ClNO2S/c1-7(2)13(11,12)10-8(3,4)5-6-9/h7,10H,5-6H2,1-4H3. The lowest BCUT2D eigenvalue weighted by Crippen LogP contribution is -2.46. The normalized spacial score (nSPS) is 13.7. The molecule has 0 aromatic rings. The molecule has 0 amide bonds. The second kappa shape index (κ2) is 4.62. The van der Waals surface area contributed by atoms with Gasteiger partial charge in [0.05, 0.1) is 5.25 Å². The average Bonchev–Trinajstić information content (AvgIpc) is 1.83. The van der Waals surface area contributed by atoms with Crippen molar-refractivity contribution in [2.75, 3.05) is 5.88 Å². The summed E-state index contributed by atoms with van der Waals surface area (Å²) in [5.41, 5.74) is -0.454. The molecule has 0 unspecified atom stereocenters. The van der Waals surface area contributed by atoms with Crippen LogP contribution in [0.25, 0.3) is 0 Å². The summed E-state index contributed by atoms with van der Waals surface area (Å²) in [5, 5.41) is -0.401. The zero-order valence-electron chi connectivity index (χ0n) is 8.59. The predicted octanol–water partition coefficient (Wildman–Crippen LogP) is 1.72. The van der Waals surface area contributed by atoms with E-state index in [0.29, 0.717) is 12.3 Å². The minimum absolute atomic E-state index is 0.401. The van der Waals surface area contributed by atoms with Crippen LogP contribution in [0.1, 0.15) is 34.1 Å². The highest BCUT2D eigenvalue weighted by atomic mass is 35.5. The predicted molar refractivity (Wildman–Crippen MR) is 56.6 cm³/mol. The van der Waals surface area contributed by atoms with E-state index >= 15 is 0 Å². The summed E-state index contributed by atoms with van der Waals surface area (Å²) in [7, 11) is -3.19. The number of sulfonamides is 1. The van der Waals surface area contributed by atoms with E-state index in [1.165, 1.54) is 0 Å². The zero-order valence-corrected chi connectivity index (χ0v) is 10.2. The van der Waals surface area contributed by atoms with Gasteiger partial charge in [-0.25, -0.2) is 13.1 Å². The van der Waals surface area contributed by atoms with E-state index in [1.54, 1.807) is 13.8 Å². The van der Waals surface area contributed by atoms with Gasteiger partial charge in [0, 0.05) is 11.4 Å². The van der Waals surface area contributed by atoms with Crippen LogP contribution in [-0.2, 0) is 10.0 Å². The molecule has 0 atom stereocenters. The van der Waals surface area contributed by atoms with Crippen LogP contribution < -0.4 is 4.72 Å². The van der Waals surface area contributed by atoms with Gasteiger partial charge in [-0.3, -0.25) is 0 Å². The highest BCUT2D eigenvalue weighted by Crippen LogP contribution is 2.12. The van der Waals surface area contributed by atoms with Crippen LogP contribution in [0.15, 0.2) is 0 Å². The largest absolute Gasteiger partial charge is 0.214 e. The number of halogens is 1. The minimum Gasteiger partial charge on any atom is -0.212 e. The van der Waals surface area contributed by atoms with Gasteiger partial charge in [0.15, 0.2) is 0 Å². The van der Waals surface area contributed by atoms with Crippen molar-refractivity contribution < 1.29 is 8.42 Å². The SMILES string of the molecule is CC(C)S(=O)(=O)NC(C)(C)CCCl. The molecule has 0 heterocycles. The molecule has 0 bridgehead atoms. The maximum absolute atomic E-state index is 11.5. The summed E-state index contributed by atoms with van der Waals surface area (Å²) in [5.74, 6) is 0.452. The van der Waals surface area contributed by atoms with Crippen LogP contribution in [0.3, 0.4) is 0 Å². The topological polar surface area (TPSA) is 46.2 Å². The van der Waals surface area contributed by atoms with Crippen molar-refractivity contribution in [3.8, 4) is 0 Å². The number of rotatable bonds is 5. The van der Waals surface area contributed by atoms with E-state index in [1.807, 2.05) is 13.8 Å². The summed E-state index contributed by atoms with van der Waals surface area (Å²) in [6.45, 7) is 6.96. The maximum Gasteiger partial charge on any atom is 0.214 e. The van der Waals surface area contributed by atoms with Crippen molar-refractivity contribution in [3.63, 3.8) is 0 Å². The smallest absolute Gasteiger partial charge is 0.212 e. The van der Waals surface area contributed by atoms with Gasteiger partial charge in [-0.1, -0.05) is 0 Å². The van der Waals surface area contributed by atoms with Crippen molar-refractivity contribution >= 4 is 21.6 Å². The van der Waals surface area contributed by atoms with Gasteiger partial charge >= 0.3 is 0 Å². The number of hydrogen-bond donors (Lipinski definition) is 1. The molecule has 0 fully saturated rings. The Morgan fingerprint density at radius 1 is 1.38 bits per heavy atom. The highest BCUT2D eigenvalue weighted by Gasteiger charge is 2.26. The number of hydrogen-bond acceptors (Lipinski definition) is 2. The van der Waals surface area contributed by atoms with Crippen LogP contribution in [0.4, 0.5) is 0 Å². The van der Waals surface area contributed by atoms with Gasteiger partial charge in [0.1, 0.15) is 0 Å². The van der Waals surface area contributed by atoms with Gasteiger partial charge in [-0.15, -0.1) is 11.6 Å². The molecule has 0 aliphatic rings. The third-order valence-electron chi connectivity index (χ3n) is 1.76. The second-order valence-corrected chi connectivity index (χ2v) is 6.63. The van der Waals surface area contributed by atoms with E-state index in [2.05, 4.69) is 4.72 Å². The third kappa shape index (κ3) is 4.84. The summed E-state index contributed by atoms with van der Waals surface area (Å²) in [6, 6.07) is 0. The fourth-order valence-electron chi connectivity index (χ4n) is 0.790. The molecule has 0 aromatic heterocycles. The summed E-state index contributed by atoms with van der Waals surface area (Å²) in [6.07, 6.45) is 0.626. The molecule has 1 N–H and O–H groups in total. The molecule has 5 heteroatoms. The van der Waals surface area contributed by atoms with Crippen LogP contribution in [0.2, 0.25) is 0 Å². The Morgan fingerprint density at radius 2 is 1.85 bits per heavy atom. The zero-order chi connectivity index (χ0) is 10.7. The van der Waals surface area contributed by atoms with Crippen LogP contribution in [-0.4, -0.2) is 25.1 Å². The van der Waals surface area contributed by atoms with E-state index < -0.39 is 20.8 Å². The number of alkyl halides is 1. The van der Waals surface area contributed by atoms with Gasteiger partial charge in [-0.05, 0) is 34.1 Å². The molecule has 0 saturated carbocycles. The lowest BCUT2D eigenvalue weighted by Gasteiger charge is -2.26. The Hall–Kier alpha value is 0.200. The molecule has 80 valence electrons. The van der Waals surface area contributed by atoms with E-state index in [4.69, 9.17) is 11.6 Å². The molecular formula is C8H18ClNO2S. The fourth-order valence-corrected chi connectivity index (χ4v) is 2.37. The highest BCUT2D eigenvalue weighted by molar-refractivity contribution is 7.90. The minimum atomic E-state index is -3.19. The molecular weight excluding hydrogens is 210 g/mol. The van der Waals surface area contributed by atoms with Gasteiger partial charge in [0.25, 0.3) is 0 Å². The van der Waals surface area contributed by atoms with Crippen molar-refractivity contribution in [1.82, 2.24) is 4.72 Å². The first-order valence-corrected chi connectivity index (χ1v) is 6.38. The van der Waals surface area contributed by atoms with Crippen LogP contribution >= 0.6 is 11.6 Å². The first-order valence-electron chi connectivity index (χ1n) is 4.30. The Labute approximate surface area is 85.9 Å². The monoisotopic (exact) mass is 227 g/mol. The fraction of sp³-hybridized carbons (Fsp3) is 1.00. The van der Waals surface area contributed by atoms with E-state index in [-0.39, 0.29) is 0 Å². The molecule has 0 rings (SSSR count). The molecule has 13 heavy (non-hydrogen) atoms. The third-order valence-corrected chi connectivity index (χ3v) is 4.03. The Bertz CT molecular complexity index is 247. The quantitative estimate of drug-likeness (QED) is 0.727. The summed E-state index contributed by atoms with van der Waals surface area (Å²) >= 11 is 5.56. The van der Waals surface area contributed by atoms with Gasteiger partial charge in [0.2, 0.25) is 10.0 Å². The van der Waals surface area contributed by atoms with Gasteiger partial charge < -0.3 is 0 Å². The first-order chi connectivity index (χ1) is 5.71. The van der Waals surface area contributed by atoms with Crippen molar-refractivity contribution in [3.05, 3.63) is 0 Å². The van der Waals surface area contributed by atoms with Crippen molar-refractivity contribution in [1.29, 1.82) is 0 Å². The average molecular weight is 228 g/mol. The van der Waals surface area contributed by atoms with Crippen molar-refractivity contribution in [2.24, 2.45) is 0 Å². The van der Waals surface area contributed by atoms with Crippen molar-refractivity contribution in [2.45, 2.75) is 44.9 Å². The lowest BCUT2D eigenvalue weighted by atomic mass is 10.0. The molecule has 0 spiro atoms.